The molecule has 0 fully saturated rings. The van der Waals surface area contributed by atoms with E-state index in [-0.39, 0.29) is 0 Å². The highest BCUT2D eigenvalue weighted by Gasteiger charge is 2.26. The Balaban J connectivity index is 3.44. The largest absolute Gasteiger partial charge is 0.392 e. The lowest BCUT2D eigenvalue weighted by atomic mass is 10.1. The summed E-state index contributed by atoms with van der Waals surface area (Å²) in [4.78, 5) is 0. The van der Waals surface area contributed by atoms with Crippen LogP contribution in [0.3, 0.4) is 0 Å². The van der Waals surface area contributed by atoms with Gasteiger partial charge in [0, 0.05) is 13.2 Å². The normalized spacial score (nSPS) is 14.7. The Kier molecular flexibility index (Phi) is 9.98. The smallest absolute Gasteiger partial charge is 0.361 e. The van der Waals surface area contributed by atoms with Crippen molar-refractivity contribution in [3.63, 3.8) is 0 Å². The van der Waals surface area contributed by atoms with E-state index in [1.807, 2.05) is 12.6 Å². The van der Waals surface area contributed by atoms with E-state index in [1.54, 1.807) is 0 Å². The standard InChI is InChI=1S/C13H28O2Si/c1-5-8-9-10-11-12-13-15-16(4,7-3)14-6-2/h7H,3,5-6,8-13H2,1-2,4H3. The molecule has 0 aliphatic heterocycles. The predicted molar refractivity (Wildman–Crippen MR) is 72.8 cm³/mol. The zero-order valence-electron chi connectivity index (χ0n) is 11.3. The molecule has 0 radical (unpaired) electrons. The fourth-order valence-corrected chi connectivity index (χ4v) is 3.05. The summed E-state index contributed by atoms with van der Waals surface area (Å²) < 4.78 is 11.4. The van der Waals surface area contributed by atoms with Gasteiger partial charge in [-0.25, -0.2) is 0 Å². The molecule has 3 heteroatoms. The van der Waals surface area contributed by atoms with Gasteiger partial charge in [-0.3, -0.25) is 0 Å². The van der Waals surface area contributed by atoms with Crippen molar-refractivity contribution in [1.82, 2.24) is 0 Å². The van der Waals surface area contributed by atoms with Crippen LogP contribution in [0.25, 0.3) is 0 Å². The molecular formula is C13H28O2Si. The lowest BCUT2D eigenvalue weighted by Gasteiger charge is -2.22. The minimum Gasteiger partial charge on any atom is -0.392 e. The Morgan fingerprint density at radius 2 is 1.62 bits per heavy atom. The van der Waals surface area contributed by atoms with E-state index in [4.69, 9.17) is 8.85 Å². The molecule has 0 aliphatic rings. The molecule has 0 aromatic carbocycles. The van der Waals surface area contributed by atoms with Crippen LogP contribution in [0.4, 0.5) is 0 Å². The van der Waals surface area contributed by atoms with Crippen LogP contribution in [0.15, 0.2) is 12.3 Å². The summed E-state index contributed by atoms with van der Waals surface area (Å²) in [6.07, 6.45) is 7.78. The average Bonchev–Trinajstić information content (AvgIpc) is 2.28. The summed E-state index contributed by atoms with van der Waals surface area (Å²) in [5, 5.41) is 0. The fourth-order valence-electron chi connectivity index (χ4n) is 1.60. The van der Waals surface area contributed by atoms with Gasteiger partial charge in [0.1, 0.15) is 0 Å². The first-order valence-electron chi connectivity index (χ1n) is 6.60. The minimum atomic E-state index is -2.03. The zero-order chi connectivity index (χ0) is 12.3. The van der Waals surface area contributed by atoms with Crippen molar-refractivity contribution in [1.29, 1.82) is 0 Å². The third kappa shape index (κ3) is 8.08. The topological polar surface area (TPSA) is 18.5 Å². The van der Waals surface area contributed by atoms with E-state index in [9.17, 15) is 0 Å². The van der Waals surface area contributed by atoms with Gasteiger partial charge in [0.05, 0.1) is 0 Å². The third-order valence-corrected chi connectivity index (χ3v) is 5.07. The summed E-state index contributed by atoms with van der Waals surface area (Å²) >= 11 is 0. The van der Waals surface area contributed by atoms with E-state index in [0.717, 1.165) is 13.0 Å². The van der Waals surface area contributed by atoms with Crippen LogP contribution in [0.2, 0.25) is 6.55 Å². The van der Waals surface area contributed by atoms with Crippen LogP contribution >= 0.6 is 0 Å². The van der Waals surface area contributed by atoms with Gasteiger partial charge >= 0.3 is 8.56 Å². The zero-order valence-corrected chi connectivity index (χ0v) is 12.3. The van der Waals surface area contributed by atoms with Gasteiger partial charge in [-0.2, -0.15) is 0 Å². The van der Waals surface area contributed by atoms with Crippen molar-refractivity contribution in [3.8, 4) is 0 Å². The van der Waals surface area contributed by atoms with E-state index in [2.05, 4.69) is 20.0 Å². The molecule has 0 amide bonds. The predicted octanol–water partition coefficient (Wildman–Crippen LogP) is 4.20. The Labute approximate surface area is 102 Å². The van der Waals surface area contributed by atoms with Crippen LogP contribution in [0.1, 0.15) is 52.4 Å². The molecule has 0 aromatic heterocycles. The number of unbranched alkanes of at least 4 members (excludes halogenated alkanes) is 5. The van der Waals surface area contributed by atoms with Crippen molar-refractivity contribution in [3.05, 3.63) is 12.3 Å². The van der Waals surface area contributed by atoms with Crippen molar-refractivity contribution < 1.29 is 8.85 Å². The Bertz CT molecular complexity index is 173. The molecule has 0 heterocycles. The van der Waals surface area contributed by atoms with Crippen LogP contribution in [-0.2, 0) is 8.85 Å². The summed E-state index contributed by atoms with van der Waals surface area (Å²) in [5.74, 6) is 0. The lowest BCUT2D eigenvalue weighted by Crippen LogP contribution is -2.36. The maximum atomic E-state index is 5.82. The third-order valence-electron chi connectivity index (χ3n) is 2.69. The molecule has 0 saturated carbocycles. The second-order valence-electron chi connectivity index (χ2n) is 4.27. The van der Waals surface area contributed by atoms with Gasteiger partial charge in [-0.15, -0.1) is 6.58 Å². The molecule has 16 heavy (non-hydrogen) atoms. The van der Waals surface area contributed by atoms with Gasteiger partial charge in [-0.1, -0.05) is 39.0 Å². The Morgan fingerprint density at radius 1 is 1.00 bits per heavy atom. The highest BCUT2D eigenvalue weighted by atomic mass is 28.4. The molecule has 0 bridgehead atoms. The molecule has 1 atom stereocenters. The van der Waals surface area contributed by atoms with Gasteiger partial charge in [-0.05, 0) is 25.6 Å². The molecule has 0 N–H and O–H groups in total. The minimum absolute atomic E-state index is 0.714. The molecule has 0 rings (SSSR count). The molecule has 0 aliphatic carbocycles. The lowest BCUT2D eigenvalue weighted by molar-refractivity contribution is 0.188. The molecular weight excluding hydrogens is 216 g/mol. The number of hydrogen-bond donors (Lipinski definition) is 0. The van der Waals surface area contributed by atoms with Crippen LogP contribution in [0, 0.1) is 0 Å². The van der Waals surface area contributed by atoms with E-state index < -0.39 is 8.56 Å². The van der Waals surface area contributed by atoms with E-state index in [0.29, 0.717) is 6.61 Å². The molecule has 0 saturated heterocycles. The van der Waals surface area contributed by atoms with Crippen molar-refractivity contribution in [2.24, 2.45) is 0 Å². The molecule has 0 aromatic rings. The quantitative estimate of drug-likeness (QED) is 0.401. The van der Waals surface area contributed by atoms with Crippen LogP contribution in [0.5, 0.6) is 0 Å². The summed E-state index contributed by atoms with van der Waals surface area (Å²) in [5.41, 5.74) is 1.87. The van der Waals surface area contributed by atoms with Crippen molar-refractivity contribution in [2.75, 3.05) is 13.2 Å². The fraction of sp³-hybridized carbons (Fsp3) is 0.846. The van der Waals surface area contributed by atoms with Crippen LogP contribution < -0.4 is 0 Å². The SMILES string of the molecule is C=C[Si](C)(OCC)OCCCCCCCC. The van der Waals surface area contributed by atoms with Crippen LogP contribution in [-0.4, -0.2) is 21.8 Å². The average molecular weight is 244 g/mol. The van der Waals surface area contributed by atoms with Gasteiger partial charge in [0.15, 0.2) is 0 Å². The maximum Gasteiger partial charge on any atom is 0.361 e. The summed E-state index contributed by atoms with van der Waals surface area (Å²) in [6.45, 7) is 11.6. The second kappa shape index (κ2) is 10.1. The first-order valence-corrected chi connectivity index (χ1v) is 8.99. The van der Waals surface area contributed by atoms with Crippen molar-refractivity contribution >= 4 is 8.56 Å². The van der Waals surface area contributed by atoms with Gasteiger partial charge < -0.3 is 8.85 Å². The number of hydrogen-bond acceptors (Lipinski definition) is 2. The molecule has 2 nitrogen and oxygen atoms in total. The van der Waals surface area contributed by atoms with E-state index >= 15 is 0 Å². The summed E-state index contributed by atoms with van der Waals surface area (Å²) in [7, 11) is -2.03. The van der Waals surface area contributed by atoms with Gasteiger partial charge in [0.2, 0.25) is 0 Å². The first-order chi connectivity index (χ1) is 7.68. The second-order valence-corrected chi connectivity index (χ2v) is 7.29. The van der Waals surface area contributed by atoms with Crippen molar-refractivity contribution in [2.45, 2.75) is 58.9 Å². The highest BCUT2D eigenvalue weighted by molar-refractivity contribution is 6.71. The number of rotatable bonds is 11. The highest BCUT2D eigenvalue weighted by Crippen LogP contribution is 2.10. The van der Waals surface area contributed by atoms with E-state index in [1.165, 1.54) is 32.1 Å². The Morgan fingerprint density at radius 3 is 2.19 bits per heavy atom. The first kappa shape index (κ1) is 15.9. The molecule has 1 unspecified atom stereocenters. The molecule has 96 valence electrons. The molecule has 0 spiro atoms. The van der Waals surface area contributed by atoms with Gasteiger partial charge in [0.25, 0.3) is 0 Å². The maximum absolute atomic E-state index is 5.82. The monoisotopic (exact) mass is 244 g/mol. The summed E-state index contributed by atoms with van der Waals surface area (Å²) in [6, 6.07) is 0. The Hall–Kier alpha value is -0.123.